The number of piperazine rings is 1. The van der Waals surface area contributed by atoms with E-state index >= 15 is 0 Å². The SMILES string of the molecule is COC(=O)NC(=O)[C@H](C)[NH+]1CCN(S(=O)(=O)c2cccc(F)c2)CC1. The zero-order chi connectivity index (χ0) is 18.6. The van der Waals surface area contributed by atoms with Crippen LogP contribution in [0.4, 0.5) is 9.18 Å². The summed E-state index contributed by atoms with van der Waals surface area (Å²) in [4.78, 5) is 23.8. The molecule has 1 aromatic carbocycles. The molecule has 138 valence electrons. The highest BCUT2D eigenvalue weighted by Gasteiger charge is 2.35. The molecule has 2 rings (SSSR count). The van der Waals surface area contributed by atoms with E-state index < -0.39 is 33.9 Å². The highest BCUT2D eigenvalue weighted by molar-refractivity contribution is 7.89. The standard InChI is InChI=1S/C15H20FN3O5S/c1-11(14(20)17-15(21)24-2)18-6-8-19(9-7-18)25(22,23)13-5-3-4-12(16)10-13/h3-5,10-11H,6-9H2,1-2H3,(H,17,20,21)/p+1/t11-/m0/s1. The number of ether oxygens (including phenoxy) is 1. The zero-order valence-corrected chi connectivity index (χ0v) is 14.8. The number of quaternary nitrogens is 1. The lowest BCUT2D eigenvalue weighted by molar-refractivity contribution is -0.917. The van der Waals surface area contributed by atoms with Gasteiger partial charge in [0.25, 0.3) is 5.91 Å². The summed E-state index contributed by atoms with van der Waals surface area (Å²) in [7, 11) is -2.61. The van der Waals surface area contributed by atoms with E-state index in [2.05, 4.69) is 10.1 Å². The van der Waals surface area contributed by atoms with Crippen LogP contribution in [0.25, 0.3) is 0 Å². The van der Waals surface area contributed by atoms with Crippen molar-refractivity contribution in [3.8, 4) is 0 Å². The first kappa shape index (κ1) is 19.3. The van der Waals surface area contributed by atoms with Gasteiger partial charge < -0.3 is 9.64 Å². The van der Waals surface area contributed by atoms with Crippen LogP contribution in [0.2, 0.25) is 0 Å². The topological polar surface area (TPSA) is 97.2 Å². The average Bonchev–Trinajstić information content (AvgIpc) is 2.61. The molecule has 1 fully saturated rings. The van der Waals surface area contributed by atoms with Crippen molar-refractivity contribution >= 4 is 22.0 Å². The number of imide groups is 1. The quantitative estimate of drug-likeness (QED) is 0.704. The summed E-state index contributed by atoms with van der Waals surface area (Å²) in [6, 6.07) is 4.34. The van der Waals surface area contributed by atoms with Gasteiger partial charge >= 0.3 is 6.09 Å². The van der Waals surface area contributed by atoms with Crippen LogP contribution in [-0.4, -0.2) is 64.1 Å². The number of halogens is 1. The van der Waals surface area contributed by atoms with E-state index in [-0.39, 0.29) is 18.0 Å². The molecule has 0 radical (unpaired) electrons. The minimum atomic E-state index is -3.77. The van der Waals surface area contributed by atoms with Crippen molar-refractivity contribution in [2.45, 2.75) is 17.9 Å². The second kappa shape index (κ2) is 7.89. The molecule has 0 aromatic heterocycles. The molecule has 1 aliphatic heterocycles. The van der Waals surface area contributed by atoms with Crippen molar-refractivity contribution in [1.82, 2.24) is 9.62 Å². The van der Waals surface area contributed by atoms with Crippen molar-refractivity contribution in [3.63, 3.8) is 0 Å². The maximum atomic E-state index is 13.3. The van der Waals surface area contributed by atoms with Gasteiger partial charge in [-0.25, -0.2) is 17.6 Å². The molecule has 0 spiro atoms. The number of benzene rings is 1. The largest absolute Gasteiger partial charge is 0.453 e. The van der Waals surface area contributed by atoms with Gasteiger partial charge in [-0.1, -0.05) is 6.07 Å². The summed E-state index contributed by atoms with van der Waals surface area (Å²) in [5, 5.41) is 2.11. The summed E-state index contributed by atoms with van der Waals surface area (Å²) < 4.78 is 44.0. The number of amides is 2. The molecule has 1 heterocycles. The molecule has 0 aliphatic carbocycles. The van der Waals surface area contributed by atoms with Gasteiger partial charge in [0.1, 0.15) is 5.82 Å². The fourth-order valence-corrected chi connectivity index (χ4v) is 4.14. The van der Waals surface area contributed by atoms with Crippen molar-refractivity contribution in [3.05, 3.63) is 30.1 Å². The Morgan fingerprint density at radius 2 is 1.96 bits per heavy atom. The number of carbonyl (C=O) groups is 2. The smallest absolute Gasteiger partial charge is 0.413 e. The van der Waals surface area contributed by atoms with Gasteiger partial charge in [-0.2, -0.15) is 4.31 Å². The number of methoxy groups -OCH3 is 1. The number of nitrogens with one attached hydrogen (secondary N) is 2. The van der Waals surface area contributed by atoms with Crippen molar-refractivity contribution in [2.75, 3.05) is 33.3 Å². The molecule has 2 N–H and O–H groups in total. The highest BCUT2D eigenvalue weighted by atomic mass is 32.2. The monoisotopic (exact) mass is 374 g/mol. The van der Waals surface area contributed by atoms with Crippen LogP contribution in [0.1, 0.15) is 6.92 Å². The van der Waals surface area contributed by atoms with E-state index in [0.717, 1.165) is 18.1 Å². The van der Waals surface area contributed by atoms with E-state index in [4.69, 9.17) is 0 Å². The minimum Gasteiger partial charge on any atom is -0.453 e. The number of nitrogens with zero attached hydrogens (tertiary/aromatic N) is 1. The maximum Gasteiger partial charge on any atom is 0.413 e. The Morgan fingerprint density at radius 1 is 1.32 bits per heavy atom. The fourth-order valence-electron chi connectivity index (χ4n) is 2.67. The van der Waals surface area contributed by atoms with E-state index in [0.29, 0.717) is 13.1 Å². The zero-order valence-electron chi connectivity index (χ0n) is 14.0. The van der Waals surface area contributed by atoms with Gasteiger partial charge in [0, 0.05) is 0 Å². The van der Waals surface area contributed by atoms with Gasteiger partial charge in [-0.15, -0.1) is 0 Å². The first-order chi connectivity index (χ1) is 11.8. The lowest BCUT2D eigenvalue weighted by Gasteiger charge is -2.34. The van der Waals surface area contributed by atoms with Gasteiger partial charge in [0.15, 0.2) is 6.04 Å². The van der Waals surface area contributed by atoms with Gasteiger partial charge in [0.2, 0.25) is 10.0 Å². The Bertz CT molecular complexity index is 747. The first-order valence-electron chi connectivity index (χ1n) is 7.75. The van der Waals surface area contributed by atoms with Crippen LogP contribution in [0.5, 0.6) is 0 Å². The number of carbonyl (C=O) groups excluding carboxylic acids is 2. The number of hydrogen-bond acceptors (Lipinski definition) is 5. The number of hydrogen-bond donors (Lipinski definition) is 2. The lowest BCUT2D eigenvalue weighted by Crippen LogP contribution is -3.19. The Morgan fingerprint density at radius 3 is 2.52 bits per heavy atom. The van der Waals surface area contributed by atoms with E-state index in [1.807, 2.05) is 0 Å². The Hall–Kier alpha value is -2.04. The lowest BCUT2D eigenvalue weighted by atomic mass is 10.2. The van der Waals surface area contributed by atoms with Crippen LogP contribution in [0.3, 0.4) is 0 Å². The third-order valence-corrected chi connectivity index (χ3v) is 6.11. The molecule has 0 unspecified atom stereocenters. The van der Waals surface area contributed by atoms with Crippen molar-refractivity contribution < 1.29 is 32.0 Å². The van der Waals surface area contributed by atoms with Crippen LogP contribution in [0, 0.1) is 5.82 Å². The predicted octanol–water partition coefficient (Wildman–Crippen LogP) is -1.01. The number of sulfonamides is 1. The molecular weight excluding hydrogens is 353 g/mol. The van der Waals surface area contributed by atoms with Gasteiger partial charge in [0.05, 0.1) is 38.2 Å². The van der Waals surface area contributed by atoms with Crippen molar-refractivity contribution in [1.29, 1.82) is 0 Å². The second-order valence-electron chi connectivity index (χ2n) is 5.72. The first-order valence-corrected chi connectivity index (χ1v) is 9.19. The summed E-state index contributed by atoms with van der Waals surface area (Å²) in [6.07, 6.45) is -0.830. The highest BCUT2D eigenvalue weighted by Crippen LogP contribution is 2.16. The van der Waals surface area contributed by atoms with Gasteiger partial charge in [-0.3, -0.25) is 10.1 Å². The van der Waals surface area contributed by atoms with Gasteiger partial charge in [-0.05, 0) is 25.1 Å². The van der Waals surface area contributed by atoms with E-state index in [1.54, 1.807) is 6.92 Å². The molecule has 1 aromatic rings. The number of alkyl carbamates (subject to hydrolysis) is 1. The molecular formula is C15H21FN3O5S+. The Balaban J connectivity index is 1.99. The predicted molar refractivity (Wildman–Crippen MR) is 85.9 cm³/mol. The molecule has 2 amide bonds. The summed E-state index contributed by atoms with van der Waals surface area (Å²) in [6.45, 7) is 2.84. The second-order valence-corrected chi connectivity index (χ2v) is 7.66. The van der Waals surface area contributed by atoms with Crippen LogP contribution >= 0.6 is 0 Å². The van der Waals surface area contributed by atoms with Crippen molar-refractivity contribution in [2.24, 2.45) is 0 Å². The van der Waals surface area contributed by atoms with Crippen LogP contribution in [0.15, 0.2) is 29.2 Å². The Labute approximate surface area is 145 Å². The third-order valence-electron chi connectivity index (χ3n) is 4.21. The van der Waals surface area contributed by atoms with E-state index in [1.165, 1.54) is 22.5 Å². The van der Waals surface area contributed by atoms with Crippen LogP contribution < -0.4 is 10.2 Å². The molecule has 0 saturated carbocycles. The molecule has 1 saturated heterocycles. The molecule has 10 heteroatoms. The minimum absolute atomic E-state index is 0.0903. The summed E-state index contributed by atoms with van der Waals surface area (Å²) in [5.41, 5.74) is 0. The molecule has 0 bridgehead atoms. The molecule has 25 heavy (non-hydrogen) atoms. The normalized spacial score (nSPS) is 17.7. The van der Waals surface area contributed by atoms with E-state index in [9.17, 15) is 22.4 Å². The Kier molecular flexibility index (Phi) is 6.09. The molecule has 1 aliphatic rings. The third kappa shape index (κ3) is 4.53. The fraction of sp³-hybridized carbons (Fsp3) is 0.467. The summed E-state index contributed by atoms with van der Waals surface area (Å²) in [5.74, 6) is -1.10. The molecule has 1 atom stereocenters. The molecule has 8 nitrogen and oxygen atoms in total. The number of rotatable bonds is 4. The summed E-state index contributed by atoms with van der Waals surface area (Å²) >= 11 is 0. The van der Waals surface area contributed by atoms with Crippen LogP contribution in [-0.2, 0) is 19.6 Å². The maximum absolute atomic E-state index is 13.3. The average molecular weight is 374 g/mol.